The molecule has 0 saturated carbocycles. The van der Waals surface area contributed by atoms with Gasteiger partial charge in [-0.3, -0.25) is 4.79 Å². The average Bonchev–Trinajstić information content (AvgIpc) is 3.24. The normalized spacial score (nSPS) is 15.2. The van der Waals surface area contributed by atoms with Crippen LogP contribution < -0.4 is 23.7 Å². The second-order valence-corrected chi connectivity index (χ2v) is 7.22. The molecule has 0 spiro atoms. The molecule has 2 aromatic rings. The summed E-state index contributed by atoms with van der Waals surface area (Å²) in [6.07, 6.45) is 4.03. The fraction of sp³-hybridized carbons (Fsp3) is 0.348. The van der Waals surface area contributed by atoms with E-state index in [1.165, 1.54) is 0 Å². The average molecular weight is 411 g/mol. The molecule has 0 atom stereocenters. The van der Waals surface area contributed by atoms with Crippen LogP contribution in [0.4, 0.5) is 0 Å². The maximum atomic E-state index is 13.3. The van der Waals surface area contributed by atoms with Crippen LogP contribution in [0, 0.1) is 0 Å². The lowest BCUT2D eigenvalue weighted by Gasteiger charge is -2.28. The molecule has 158 valence electrons. The molecule has 0 N–H and O–H groups in total. The predicted molar refractivity (Wildman–Crippen MR) is 112 cm³/mol. The summed E-state index contributed by atoms with van der Waals surface area (Å²) in [6, 6.07) is 5.46. The number of carbonyl (C=O) groups is 1. The molecule has 0 aliphatic carbocycles. The predicted octanol–water partition coefficient (Wildman–Crippen LogP) is 3.33. The van der Waals surface area contributed by atoms with Crippen molar-refractivity contribution < 1.29 is 28.5 Å². The van der Waals surface area contributed by atoms with Crippen molar-refractivity contribution in [3.63, 3.8) is 0 Å². The van der Waals surface area contributed by atoms with E-state index < -0.39 is 0 Å². The Labute approximate surface area is 175 Å². The quantitative estimate of drug-likeness (QED) is 0.534. The third-order valence-corrected chi connectivity index (χ3v) is 5.46. The molecule has 2 aliphatic rings. The maximum Gasteiger partial charge on any atom is 0.231 e. The maximum absolute atomic E-state index is 13.3. The number of fused-ring (bicyclic) bond motifs is 2. The summed E-state index contributed by atoms with van der Waals surface area (Å²) >= 11 is 0. The first kappa shape index (κ1) is 20.1. The number of rotatable bonds is 6. The van der Waals surface area contributed by atoms with E-state index in [1.807, 2.05) is 19.2 Å². The molecule has 0 amide bonds. The highest BCUT2D eigenvalue weighted by Crippen LogP contribution is 2.49. The number of ether oxygens (including phenoxy) is 5. The van der Waals surface area contributed by atoms with Gasteiger partial charge in [-0.05, 0) is 43.3 Å². The summed E-state index contributed by atoms with van der Waals surface area (Å²) in [5, 5.41) is 0. The minimum Gasteiger partial charge on any atom is -0.497 e. The number of carbonyl (C=O) groups excluding carboxylic acids is 1. The van der Waals surface area contributed by atoms with Crippen molar-refractivity contribution in [1.82, 2.24) is 4.90 Å². The highest BCUT2D eigenvalue weighted by molar-refractivity contribution is 6.11. The summed E-state index contributed by atoms with van der Waals surface area (Å²) in [7, 11) is 6.84. The van der Waals surface area contributed by atoms with Gasteiger partial charge in [-0.15, -0.1) is 0 Å². The van der Waals surface area contributed by atoms with Gasteiger partial charge in [-0.1, -0.05) is 0 Å². The SMILES string of the molecule is COc1ccc(C=CC(=O)c2c3c(c(OC)c4c2OCO4)CN(C)CC3)c(OC)c1. The molecule has 0 unspecified atom stereocenters. The van der Waals surface area contributed by atoms with Crippen LogP contribution in [0.25, 0.3) is 6.08 Å². The lowest BCUT2D eigenvalue weighted by Crippen LogP contribution is -2.28. The smallest absolute Gasteiger partial charge is 0.231 e. The van der Waals surface area contributed by atoms with Crippen molar-refractivity contribution in [2.45, 2.75) is 13.0 Å². The topological polar surface area (TPSA) is 66.5 Å². The van der Waals surface area contributed by atoms with Crippen LogP contribution in [0.1, 0.15) is 27.0 Å². The lowest BCUT2D eigenvalue weighted by atomic mass is 9.90. The minimum atomic E-state index is -0.141. The largest absolute Gasteiger partial charge is 0.497 e. The van der Waals surface area contributed by atoms with Crippen LogP contribution >= 0.6 is 0 Å². The summed E-state index contributed by atoms with van der Waals surface area (Å²) < 4.78 is 27.6. The van der Waals surface area contributed by atoms with Crippen molar-refractivity contribution in [1.29, 1.82) is 0 Å². The third kappa shape index (κ3) is 3.45. The summed E-state index contributed by atoms with van der Waals surface area (Å²) in [4.78, 5) is 15.5. The number of allylic oxidation sites excluding steroid dienone is 1. The number of nitrogens with zero attached hydrogens (tertiary/aromatic N) is 1. The molecule has 7 nitrogen and oxygen atoms in total. The van der Waals surface area contributed by atoms with E-state index in [0.717, 1.165) is 29.7 Å². The molecule has 2 heterocycles. The number of likely N-dealkylation sites (N-methyl/N-ethyl adjacent to an activating group) is 1. The van der Waals surface area contributed by atoms with Crippen molar-refractivity contribution in [2.75, 3.05) is 41.7 Å². The Hall–Kier alpha value is -3.19. The fourth-order valence-corrected chi connectivity index (χ4v) is 3.97. The zero-order chi connectivity index (χ0) is 21.3. The van der Waals surface area contributed by atoms with Gasteiger partial charge in [0, 0.05) is 30.3 Å². The summed E-state index contributed by atoms with van der Waals surface area (Å²) in [6.45, 7) is 1.61. The Morgan fingerprint density at radius 1 is 1.07 bits per heavy atom. The van der Waals surface area contributed by atoms with Crippen LogP contribution in [0.3, 0.4) is 0 Å². The molecular weight excluding hydrogens is 386 g/mol. The second-order valence-electron chi connectivity index (χ2n) is 7.22. The Kier molecular flexibility index (Phi) is 5.55. The molecule has 30 heavy (non-hydrogen) atoms. The van der Waals surface area contributed by atoms with Gasteiger partial charge in [0.2, 0.25) is 12.5 Å². The first-order chi connectivity index (χ1) is 14.6. The molecule has 0 bridgehead atoms. The van der Waals surface area contributed by atoms with Crippen LogP contribution in [-0.2, 0) is 13.0 Å². The fourth-order valence-electron chi connectivity index (χ4n) is 3.97. The minimum absolute atomic E-state index is 0.0702. The van der Waals surface area contributed by atoms with Gasteiger partial charge in [0.1, 0.15) is 11.5 Å². The van der Waals surface area contributed by atoms with Gasteiger partial charge in [-0.2, -0.15) is 0 Å². The van der Waals surface area contributed by atoms with Crippen molar-refractivity contribution in [2.24, 2.45) is 0 Å². The van der Waals surface area contributed by atoms with Gasteiger partial charge in [-0.25, -0.2) is 0 Å². The molecule has 0 radical (unpaired) electrons. The van der Waals surface area contributed by atoms with Crippen LogP contribution in [0.15, 0.2) is 24.3 Å². The van der Waals surface area contributed by atoms with Crippen molar-refractivity contribution >= 4 is 11.9 Å². The Morgan fingerprint density at radius 3 is 2.60 bits per heavy atom. The number of ketones is 1. The standard InChI is InChI=1S/C23H25NO6/c1-24-10-9-16-17(12-24)21(28-4)23-22(29-13-30-23)20(16)18(25)8-6-14-5-7-15(26-2)11-19(14)27-3/h5-8,11H,9-10,12-13H2,1-4H3. The number of benzene rings is 2. The van der Waals surface area contributed by atoms with Crippen LogP contribution in [-0.4, -0.2) is 52.4 Å². The van der Waals surface area contributed by atoms with Gasteiger partial charge < -0.3 is 28.6 Å². The first-order valence-corrected chi connectivity index (χ1v) is 9.71. The number of methoxy groups -OCH3 is 3. The third-order valence-electron chi connectivity index (χ3n) is 5.46. The monoisotopic (exact) mass is 411 g/mol. The summed E-state index contributed by atoms with van der Waals surface area (Å²) in [5.41, 5.74) is 3.28. The van der Waals surface area contributed by atoms with Gasteiger partial charge >= 0.3 is 0 Å². The van der Waals surface area contributed by atoms with E-state index in [-0.39, 0.29) is 12.6 Å². The molecule has 7 heteroatoms. The van der Waals surface area contributed by atoms with Crippen molar-refractivity contribution in [3.05, 3.63) is 46.5 Å². The Bertz CT molecular complexity index is 1010. The van der Waals surface area contributed by atoms with Crippen LogP contribution in [0.2, 0.25) is 0 Å². The van der Waals surface area contributed by atoms with Gasteiger partial charge in [0.15, 0.2) is 17.3 Å². The molecule has 0 aromatic heterocycles. The zero-order valence-corrected chi connectivity index (χ0v) is 17.6. The second kappa shape index (κ2) is 8.28. The number of hydrogen-bond acceptors (Lipinski definition) is 7. The number of hydrogen-bond donors (Lipinski definition) is 0. The Balaban J connectivity index is 1.76. The van der Waals surface area contributed by atoms with E-state index in [1.54, 1.807) is 39.5 Å². The first-order valence-electron chi connectivity index (χ1n) is 9.71. The van der Waals surface area contributed by atoms with E-state index in [0.29, 0.717) is 40.9 Å². The van der Waals surface area contributed by atoms with E-state index in [2.05, 4.69) is 4.90 Å². The van der Waals surface area contributed by atoms with E-state index in [4.69, 9.17) is 23.7 Å². The van der Waals surface area contributed by atoms with E-state index in [9.17, 15) is 4.79 Å². The molecule has 4 rings (SSSR count). The zero-order valence-electron chi connectivity index (χ0n) is 17.6. The van der Waals surface area contributed by atoms with Crippen LogP contribution in [0.5, 0.6) is 28.7 Å². The van der Waals surface area contributed by atoms with Gasteiger partial charge in [0.05, 0.1) is 26.9 Å². The van der Waals surface area contributed by atoms with Crippen molar-refractivity contribution in [3.8, 4) is 28.7 Å². The lowest BCUT2D eigenvalue weighted by molar-refractivity contribution is 0.104. The molecular formula is C23H25NO6. The summed E-state index contributed by atoms with van der Waals surface area (Å²) in [5.74, 6) is 2.80. The van der Waals surface area contributed by atoms with Gasteiger partial charge in [0.25, 0.3) is 0 Å². The highest BCUT2D eigenvalue weighted by Gasteiger charge is 2.34. The molecule has 2 aliphatic heterocycles. The van der Waals surface area contributed by atoms with E-state index >= 15 is 0 Å². The molecule has 2 aromatic carbocycles. The Morgan fingerprint density at radius 2 is 1.87 bits per heavy atom. The molecule has 0 fully saturated rings. The highest BCUT2D eigenvalue weighted by atomic mass is 16.7. The molecule has 0 saturated heterocycles.